The summed E-state index contributed by atoms with van der Waals surface area (Å²) in [6, 6.07) is 17.1. The number of benzene rings is 2. The van der Waals surface area contributed by atoms with E-state index < -0.39 is 0 Å². The Morgan fingerprint density at radius 2 is 1.50 bits per heavy atom. The fourth-order valence-electron chi connectivity index (χ4n) is 2.90. The van der Waals surface area contributed by atoms with E-state index in [1.807, 2.05) is 52.3 Å². The van der Waals surface area contributed by atoms with Crippen LogP contribution in [-0.2, 0) is 0 Å². The van der Waals surface area contributed by atoms with Crippen LogP contribution in [0.2, 0.25) is 0 Å². The Morgan fingerprint density at radius 3 is 2.25 bits per heavy atom. The van der Waals surface area contributed by atoms with Gasteiger partial charge in [-0.3, -0.25) is 0 Å². The van der Waals surface area contributed by atoms with Crippen molar-refractivity contribution < 1.29 is 8.91 Å². The molecule has 5 nitrogen and oxygen atoms in total. The second-order valence-electron chi connectivity index (χ2n) is 5.69. The quantitative estimate of drug-likeness (QED) is 0.740. The van der Waals surface area contributed by atoms with Crippen LogP contribution < -0.4 is 9.80 Å². The lowest BCUT2D eigenvalue weighted by Gasteiger charge is -2.35. The van der Waals surface area contributed by atoms with Crippen molar-refractivity contribution in [2.45, 2.75) is 0 Å². The van der Waals surface area contributed by atoms with Gasteiger partial charge in [0.2, 0.25) is 5.82 Å². The zero-order valence-electron chi connectivity index (χ0n) is 13.1. The zero-order valence-corrected chi connectivity index (χ0v) is 13.1. The molecule has 0 bridgehead atoms. The topological polar surface area (TPSA) is 45.4 Å². The lowest BCUT2D eigenvalue weighted by atomic mass is 10.2. The van der Waals surface area contributed by atoms with E-state index >= 15 is 0 Å². The van der Waals surface area contributed by atoms with E-state index in [1.165, 1.54) is 6.07 Å². The van der Waals surface area contributed by atoms with Crippen LogP contribution in [0.25, 0.3) is 11.4 Å². The Hall–Kier alpha value is -2.89. The number of hydrogen-bond donors (Lipinski definition) is 0. The van der Waals surface area contributed by atoms with Crippen molar-refractivity contribution >= 4 is 11.7 Å². The van der Waals surface area contributed by atoms with Crippen molar-refractivity contribution in [3.63, 3.8) is 0 Å². The Bertz CT molecular complexity index is 813. The number of rotatable bonds is 3. The monoisotopic (exact) mass is 324 g/mol. The fraction of sp³-hybridized carbons (Fsp3) is 0.222. The summed E-state index contributed by atoms with van der Waals surface area (Å²) in [5.41, 5.74) is 1.57. The van der Waals surface area contributed by atoms with Crippen LogP contribution in [0.1, 0.15) is 0 Å². The second kappa shape index (κ2) is 6.31. The van der Waals surface area contributed by atoms with Gasteiger partial charge in [-0.15, -0.1) is 0 Å². The molecule has 0 aliphatic carbocycles. The van der Waals surface area contributed by atoms with Gasteiger partial charge in [0.05, 0.1) is 5.69 Å². The van der Waals surface area contributed by atoms with Gasteiger partial charge in [0.25, 0.3) is 0 Å². The van der Waals surface area contributed by atoms with E-state index in [0.717, 1.165) is 5.56 Å². The smallest absolute Gasteiger partial charge is 0.324 e. The molecule has 1 fully saturated rings. The molecule has 0 spiro atoms. The molecule has 0 saturated carbocycles. The summed E-state index contributed by atoms with van der Waals surface area (Å²) >= 11 is 0. The highest BCUT2D eigenvalue weighted by Gasteiger charge is 2.23. The number of halogens is 1. The normalized spacial score (nSPS) is 14.9. The number of nitrogens with zero attached hydrogens (tertiary/aromatic N) is 4. The molecule has 0 unspecified atom stereocenters. The minimum absolute atomic E-state index is 0.185. The standard InChI is InChI=1S/C18H17FN4O/c19-15-8-4-5-9-16(15)22-10-12-23(13-11-22)18-20-17(21-24-18)14-6-2-1-3-7-14/h1-9H,10-13H2. The maximum absolute atomic E-state index is 13.9. The van der Waals surface area contributed by atoms with E-state index in [9.17, 15) is 4.39 Å². The van der Waals surface area contributed by atoms with Gasteiger partial charge >= 0.3 is 6.01 Å². The van der Waals surface area contributed by atoms with Gasteiger partial charge in [0.1, 0.15) is 5.82 Å². The molecule has 2 aromatic carbocycles. The third kappa shape index (κ3) is 2.82. The summed E-state index contributed by atoms with van der Waals surface area (Å²) in [5.74, 6) is 0.400. The van der Waals surface area contributed by atoms with Crippen LogP contribution in [0.5, 0.6) is 0 Å². The van der Waals surface area contributed by atoms with Gasteiger partial charge in [-0.25, -0.2) is 4.39 Å². The van der Waals surface area contributed by atoms with Crippen LogP contribution >= 0.6 is 0 Å². The van der Waals surface area contributed by atoms with Gasteiger partial charge in [0.15, 0.2) is 0 Å². The number of aromatic nitrogens is 2. The number of anilines is 2. The Balaban J connectivity index is 1.45. The van der Waals surface area contributed by atoms with E-state index in [1.54, 1.807) is 6.07 Å². The molecular formula is C18H17FN4O. The van der Waals surface area contributed by atoms with Gasteiger partial charge < -0.3 is 14.3 Å². The molecule has 0 amide bonds. The van der Waals surface area contributed by atoms with E-state index in [2.05, 4.69) is 10.1 Å². The molecule has 1 aromatic heterocycles. The molecule has 4 rings (SSSR count). The minimum Gasteiger partial charge on any atom is -0.366 e. The van der Waals surface area contributed by atoms with E-state index in [4.69, 9.17) is 4.52 Å². The van der Waals surface area contributed by atoms with Gasteiger partial charge in [-0.2, -0.15) is 4.98 Å². The first-order valence-electron chi connectivity index (χ1n) is 7.95. The summed E-state index contributed by atoms with van der Waals surface area (Å²) in [7, 11) is 0. The second-order valence-corrected chi connectivity index (χ2v) is 5.69. The highest BCUT2D eigenvalue weighted by atomic mass is 19.1. The molecule has 2 heterocycles. The van der Waals surface area contributed by atoms with Crippen molar-refractivity contribution in [1.29, 1.82) is 0 Å². The minimum atomic E-state index is -0.185. The third-order valence-corrected chi connectivity index (χ3v) is 4.19. The molecule has 122 valence electrons. The van der Waals surface area contributed by atoms with Gasteiger partial charge in [-0.1, -0.05) is 47.6 Å². The number of piperazine rings is 1. The molecule has 0 atom stereocenters. The summed E-state index contributed by atoms with van der Waals surface area (Å²) in [5, 5.41) is 4.05. The van der Waals surface area contributed by atoms with Crippen molar-refractivity contribution in [3.8, 4) is 11.4 Å². The Labute approximate surface area is 139 Å². The largest absolute Gasteiger partial charge is 0.366 e. The average Bonchev–Trinajstić information content (AvgIpc) is 3.13. The maximum Gasteiger partial charge on any atom is 0.324 e. The molecule has 1 saturated heterocycles. The molecule has 0 N–H and O–H groups in total. The lowest BCUT2D eigenvalue weighted by molar-refractivity contribution is 0.409. The van der Waals surface area contributed by atoms with E-state index in [0.29, 0.717) is 43.7 Å². The molecule has 6 heteroatoms. The van der Waals surface area contributed by atoms with Crippen LogP contribution in [-0.4, -0.2) is 36.3 Å². The van der Waals surface area contributed by atoms with Crippen molar-refractivity contribution in [1.82, 2.24) is 10.1 Å². The van der Waals surface area contributed by atoms with Crippen molar-refractivity contribution in [3.05, 3.63) is 60.4 Å². The first-order chi connectivity index (χ1) is 11.8. The average molecular weight is 324 g/mol. The molecule has 0 radical (unpaired) electrons. The highest BCUT2D eigenvalue weighted by Crippen LogP contribution is 2.23. The third-order valence-electron chi connectivity index (χ3n) is 4.19. The Kier molecular flexibility index (Phi) is 3.86. The van der Waals surface area contributed by atoms with Gasteiger partial charge in [0, 0.05) is 31.7 Å². The molecule has 3 aromatic rings. The summed E-state index contributed by atoms with van der Waals surface area (Å²) in [6.07, 6.45) is 0. The first-order valence-corrected chi connectivity index (χ1v) is 7.95. The number of hydrogen-bond acceptors (Lipinski definition) is 5. The SMILES string of the molecule is Fc1ccccc1N1CCN(c2nc(-c3ccccc3)no2)CC1. The summed E-state index contributed by atoms with van der Waals surface area (Å²) < 4.78 is 19.3. The van der Waals surface area contributed by atoms with Crippen LogP contribution in [0, 0.1) is 5.82 Å². The van der Waals surface area contributed by atoms with Crippen LogP contribution in [0.3, 0.4) is 0 Å². The number of para-hydroxylation sites is 1. The molecular weight excluding hydrogens is 307 g/mol. The Morgan fingerprint density at radius 1 is 0.833 bits per heavy atom. The molecule has 1 aliphatic rings. The zero-order chi connectivity index (χ0) is 16.4. The van der Waals surface area contributed by atoms with Crippen molar-refractivity contribution in [2.75, 3.05) is 36.0 Å². The predicted octanol–water partition coefficient (Wildman–Crippen LogP) is 3.20. The van der Waals surface area contributed by atoms with E-state index in [-0.39, 0.29) is 5.82 Å². The van der Waals surface area contributed by atoms with Crippen LogP contribution in [0.15, 0.2) is 59.1 Å². The fourth-order valence-corrected chi connectivity index (χ4v) is 2.90. The lowest BCUT2D eigenvalue weighted by Crippen LogP contribution is -2.47. The molecule has 24 heavy (non-hydrogen) atoms. The van der Waals surface area contributed by atoms with Crippen LogP contribution in [0.4, 0.5) is 16.1 Å². The van der Waals surface area contributed by atoms with Crippen molar-refractivity contribution in [2.24, 2.45) is 0 Å². The predicted molar refractivity (Wildman–Crippen MR) is 90.6 cm³/mol. The first kappa shape index (κ1) is 14.7. The summed E-state index contributed by atoms with van der Waals surface area (Å²) in [4.78, 5) is 8.56. The highest BCUT2D eigenvalue weighted by molar-refractivity contribution is 5.55. The molecule has 1 aliphatic heterocycles. The van der Waals surface area contributed by atoms with Gasteiger partial charge in [-0.05, 0) is 12.1 Å². The summed E-state index contributed by atoms with van der Waals surface area (Å²) in [6.45, 7) is 2.85. The maximum atomic E-state index is 13.9.